The van der Waals surface area contributed by atoms with Crippen molar-refractivity contribution < 1.29 is 0 Å². The highest BCUT2D eigenvalue weighted by atomic mass is 15.0. The Balaban J connectivity index is 1.70. The highest BCUT2D eigenvalue weighted by Crippen LogP contribution is 2.43. The lowest BCUT2D eigenvalue weighted by Crippen LogP contribution is -2.17. The van der Waals surface area contributed by atoms with Gasteiger partial charge in [-0.05, 0) is 51.1 Å². The van der Waals surface area contributed by atoms with Crippen molar-refractivity contribution in [2.75, 3.05) is 6.54 Å². The summed E-state index contributed by atoms with van der Waals surface area (Å²) in [4.78, 5) is 9.63. The number of rotatable bonds is 3. The Bertz CT molecular complexity index is 399. The lowest BCUT2D eigenvalue weighted by molar-refractivity contribution is 0.595. The van der Waals surface area contributed by atoms with Crippen LogP contribution in [0.2, 0.25) is 0 Å². The van der Waals surface area contributed by atoms with Gasteiger partial charge in [0, 0.05) is 23.2 Å². The molecule has 3 nitrogen and oxygen atoms in total. The van der Waals surface area contributed by atoms with Gasteiger partial charge in [0.2, 0.25) is 0 Å². The van der Waals surface area contributed by atoms with Gasteiger partial charge in [0.25, 0.3) is 0 Å². The number of nitrogens with one attached hydrogen (secondary N) is 1. The molecule has 0 amide bonds. The van der Waals surface area contributed by atoms with E-state index in [2.05, 4.69) is 11.4 Å². The summed E-state index contributed by atoms with van der Waals surface area (Å²) < 4.78 is 0. The monoisotopic (exact) mass is 229 g/mol. The Hall–Kier alpha value is -0.960. The van der Waals surface area contributed by atoms with Crippen LogP contribution in [0.15, 0.2) is 6.07 Å². The van der Waals surface area contributed by atoms with Gasteiger partial charge in [0.15, 0.2) is 0 Å². The minimum Gasteiger partial charge on any atom is -0.307 e. The summed E-state index contributed by atoms with van der Waals surface area (Å²) in [5, 5.41) is 3.52. The van der Waals surface area contributed by atoms with E-state index < -0.39 is 0 Å². The minimum atomic E-state index is 0.422. The molecule has 0 spiro atoms. The Labute approximate surface area is 102 Å². The molecule has 4 rings (SSSR count). The van der Waals surface area contributed by atoms with Crippen LogP contribution in [-0.4, -0.2) is 16.5 Å². The van der Waals surface area contributed by atoms with E-state index in [-0.39, 0.29) is 0 Å². The fraction of sp³-hybridized carbons (Fsp3) is 0.714. The molecule has 0 aromatic carbocycles. The van der Waals surface area contributed by atoms with Gasteiger partial charge in [-0.3, -0.25) is 0 Å². The van der Waals surface area contributed by atoms with E-state index in [1.165, 1.54) is 49.9 Å². The van der Waals surface area contributed by atoms with Gasteiger partial charge in [0.05, 0.1) is 6.04 Å². The van der Waals surface area contributed by atoms with Crippen LogP contribution in [0, 0.1) is 0 Å². The Morgan fingerprint density at radius 3 is 2.06 bits per heavy atom. The lowest BCUT2D eigenvalue weighted by atomic mass is 10.1. The van der Waals surface area contributed by atoms with Gasteiger partial charge in [-0.25, -0.2) is 9.97 Å². The van der Waals surface area contributed by atoms with Crippen LogP contribution in [0.5, 0.6) is 0 Å². The van der Waals surface area contributed by atoms with Crippen LogP contribution in [-0.2, 0) is 0 Å². The topological polar surface area (TPSA) is 37.8 Å². The van der Waals surface area contributed by atoms with Crippen LogP contribution in [0.3, 0.4) is 0 Å². The van der Waals surface area contributed by atoms with E-state index in [0.29, 0.717) is 6.04 Å². The number of nitrogens with zero attached hydrogens (tertiary/aromatic N) is 2. The summed E-state index contributed by atoms with van der Waals surface area (Å²) in [7, 11) is 0. The third kappa shape index (κ3) is 1.97. The zero-order chi connectivity index (χ0) is 11.2. The second-order valence-corrected chi connectivity index (χ2v) is 5.77. The molecule has 0 radical (unpaired) electrons. The van der Waals surface area contributed by atoms with Gasteiger partial charge in [-0.2, -0.15) is 0 Å². The first-order valence-electron chi connectivity index (χ1n) is 7.02. The zero-order valence-corrected chi connectivity index (χ0v) is 10.2. The molecule has 3 heteroatoms. The molecule has 17 heavy (non-hydrogen) atoms. The van der Waals surface area contributed by atoms with Gasteiger partial charge >= 0.3 is 0 Å². The molecule has 1 atom stereocenters. The van der Waals surface area contributed by atoms with Crippen molar-refractivity contribution in [3.63, 3.8) is 0 Å². The molecular formula is C14H19N3. The maximum Gasteiger partial charge on any atom is 0.145 e. The number of hydrogen-bond donors (Lipinski definition) is 1. The molecule has 1 unspecified atom stereocenters. The third-order valence-electron chi connectivity index (χ3n) is 4.15. The summed E-state index contributed by atoms with van der Waals surface area (Å²) >= 11 is 0. The average Bonchev–Trinajstić information content (AvgIpc) is 3.27. The van der Waals surface area contributed by atoms with Gasteiger partial charge in [0.1, 0.15) is 5.82 Å². The maximum atomic E-state index is 4.81. The predicted octanol–water partition coefficient (Wildman–Crippen LogP) is 2.66. The average molecular weight is 229 g/mol. The first-order chi connectivity index (χ1) is 8.40. The van der Waals surface area contributed by atoms with Crippen molar-refractivity contribution in [1.82, 2.24) is 15.3 Å². The predicted molar refractivity (Wildman–Crippen MR) is 66.0 cm³/mol. The van der Waals surface area contributed by atoms with Crippen LogP contribution < -0.4 is 5.32 Å². The SMILES string of the molecule is c1c(C2CC2)nc(C2CCCN2)nc1C1CC1. The van der Waals surface area contributed by atoms with Crippen LogP contribution in [0.25, 0.3) is 0 Å². The fourth-order valence-electron chi connectivity index (χ4n) is 2.74. The molecule has 1 saturated heterocycles. The lowest BCUT2D eigenvalue weighted by Gasteiger charge is -2.12. The second-order valence-electron chi connectivity index (χ2n) is 5.77. The van der Waals surface area contributed by atoms with Crippen molar-refractivity contribution in [3.8, 4) is 0 Å². The Kier molecular flexibility index (Phi) is 2.22. The normalized spacial score (nSPS) is 28.6. The van der Waals surface area contributed by atoms with Gasteiger partial charge < -0.3 is 5.32 Å². The quantitative estimate of drug-likeness (QED) is 0.866. The summed E-state index contributed by atoms with van der Waals surface area (Å²) in [6.07, 6.45) is 7.80. The molecule has 2 heterocycles. The first kappa shape index (κ1) is 10.0. The smallest absolute Gasteiger partial charge is 0.145 e. The molecule has 90 valence electrons. The van der Waals surface area contributed by atoms with Crippen molar-refractivity contribution in [2.45, 2.75) is 56.4 Å². The maximum absolute atomic E-state index is 4.81. The van der Waals surface area contributed by atoms with E-state index in [4.69, 9.17) is 9.97 Å². The van der Waals surface area contributed by atoms with Crippen molar-refractivity contribution in [1.29, 1.82) is 0 Å². The van der Waals surface area contributed by atoms with Gasteiger partial charge in [-0.1, -0.05) is 0 Å². The molecule has 3 aliphatic rings. The van der Waals surface area contributed by atoms with Crippen LogP contribution in [0.1, 0.15) is 73.6 Å². The Morgan fingerprint density at radius 2 is 1.59 bits per heavy atom. The largest absolute Gasteiger partial charge is 0.307 e. The van der Waals surface area contributed by atoms with Crippen molar-refractivity contribution in [3.05, 3.63) is 23.3 Å². The molecule has 1 aromatic heterocycles. The van der Waals surface area contributed by atoms with Crippen molar-refractivity contribution in [2.24, 2.45) is 0 Å². The van der Waals surface area contributed by atoms with Crippen molar-refractivity contribution >= 4 is 0 Å². The summed E-state index contributed by atoms with van der Waals surface area (Å²) in [5.41, 5.74) is 2.65. The van der Waals surface area contributed by atoms with E-state index in [9.17, 15) is 0 Å². The van der Waals surface area contributed by atoms with Crippen LogP contribution >= 0.6 is 0 Å². The van der Waals surface area contributed by atoms with Gasteiger partial charge in [-0.15, -0.1) is 0 Å². The van der Waals surface area contributed by atoms with E-state index in [1.807, 2.05) is 0 Å². The minimum absolute atomic E-state index is 0.422. The molecule has 1 aliphatic heterocycles. The highest BCUT2D eigenvalue weighted by Gasteiger charge is 2.32. The summed E-state index contributed by atoms with van der Waals surface area (Å²) in [6.45, 7) is 1.13. The molecule has 1 N–H and O–H groups in total. The zero-order valence-electron chi connectivity index (χ0n) is 10.2. The van der Waals surface area contributed by atoms with E-state index in [0.717, 1.165) is 24.2 Å². The second kappa shape index (κ2) is 3.77. The molecule has 2 saturated carbocycles. The fourth-order valence-corrected chi connectivity index (χ4v) is 2.74. The summed E-state index contributed by atoms with van der Waals surface area (Å²) in [5.74, 6) is 2.57. The van der Waals surface area contributed by atoms with E-state index in [1.54, 1.807) is 0 Å². The number of aromatic nitrogens is 2. The van der Waals surface area contributed by atoms with Crippen LogP contribution in [0.4, 0.5) is 0 Å². The standard InChI is InChI=1S/C14H19N3/c1-2-11(15-7-1)14-16-12(9-3-4-9)8-13(17-14)10-5-6-10/h8-11,15H,1-7H2. The molecule has 0 bridgehead atoms. The number of hydrogen-bond acceptors (Lipinski definition) is 3. The molecule has 3 fully saturated rings. The highest BCUT2D eigenvalue weighted by molar-refractivity contribution is 5.25. The molecule has 2 aliphatic carbocycles. The Morgan fingerprint density at radius 1 is 0.941 bits per heavy atom. The summed E-state index contributed by atoms with van der Waals surface area (Å²) in [6, 6.07) is 2.71. The molecule has 1 aromatic rings. The third-order valence-corrected chi connectivity index (χ3v) is 4.15. The molecular weight excluding hydrogens is 210 g/mol. The first-order valence-corrected chi connectivity index (χ1v) is 7.02. The van der Waals surface area contributed by atoms with E-state index >= 15 is 0 Å².